The number of hydrogen-bond acceptors (Lipinski definition) is 4. The van der Waals surface area contributed by atoms with Crippen molar-refractivity contribution in [2.45, 2.75) is 64.2 Å². The summed E-state index contributed by atoms with van der Waals surface area (Å²) in [5.41, 5.74) is 0.939. The summed E-state index contributed by atoms with van der Waals surface area (Å²) in [6.45, 7) is 2.88. The predicted octanol–water partition coefficient (Wildman–Crippen LogP) is 4.91. The van der Waals surface area contributed by atoms with Crippen molar-refractivity contribution in [3.8, 4) is 0 Å². The molecule has 2 saturated heterocycles. The average molecular weight is 573 g/mol. The van der Waals surface area contributed by atoms with Gasteiger partial charge in [0.15, 0.2) is 5.78 Å². The third-order valence-corrected chi connectivity index (χ3v) is 12.4. The number of benzene rings is 1. The summed E-state index contributed by atoms with van der Waals surface area (Å²) in [5.74, 6) is 1.16. The summed E-state index contributed by atoms with van der Waals surface area (Å²) in [6.07, 6.45) is 11.2. The van der Waals surface area contributed by atoms with Gasteiger partial charge in [-0.25, -0.2) is 0 Å². The second kappa shape index (κ2) is 11.3. The zero-order valence-electron chi connectivity index (χ0n) is 24.5. The van der Waals surface area contributed by atoms with E-state index in [2.05, 4.69) is 0 Å². The number of carboxylic acids is 1. The number of carbonyl (C=O) groups is 4. The van der Waals surface area contributed by atoms with Gasteiger partial charge in [-0.05, 0) is 110 Å². The number of carbonyl (C=O) groups excluding carboxylic acids is 3. The van der Waals surface area contributed by atoms with Crippen LogP contribution in [0.15, 0.2) is 35.9 Å². The van der Waals surface area contributed by atoms with E-state index in [0.717, 1.165) is 18.7 Å². The number of carboxylic acid groups (broad SMARTS) is 1. The zero-order chi connectivity index (χ0) is 29.0. The summed E-state index contributed by atoms with van der Waals surface area (Å²) in [4.78, 5) is 57.3. The molecule has 6 saturated carbocycles. The minimum absolute atomic E-state index is 0.103. The highest BCUT2D eigenvalue weighted by atomic mass is 16.4. The number of rotatable bonds is 8. The maximum Gasteiger partial charge on any atom is 0.314 e. The standard InChI is InChI=1S/C35H44N2O5/c38-32(36-17-28-22-6-7-23(9-8-22)29(28)18-36)15-26(14-21-4-2-1-3-5-21)34(40)27(35(41)42)16-33(39)37-19-30-24-10-11-25(13-12-24)31(30)20-37/h1-5,14,22-25,27-31H,6-13,15-20H2,(H,41,42)/b26-14+. The predicted molar refractivity (Wildman–Crippen MR) is 158 cm³/mol. The molecule has 1 aromatic carbocycles. The average Bonchev–Trinajstić information content (AvgIpc) is 3.69. The number of nitrogens with zero attached hydrogens (tertiary/aromatic N) is 2. The third-order valence-electron chi connectivity index (χ3n) is 12.4. The smallest absolute Gasteiger partial charge is 0.314 e. The molecule has 7 nitrogen and oxygen atoms in total. The molecule has 0 aromatic heterocycles. The van der Waals surface area contributed by atoms with Crippen molar-refractivity contribution < 1.29 is 24.3 Å². The van der Waals surface area contributed by atoms with Crippen molar-refractivity contribution >= 4 is 29.6 Å². The van der Waals surface area contributed by atoms with Gasteiger partial charge in [-0.2, -0.15) is 0 Å². The lowest BCUT2D eigenvalue weighted by Crippen LogP contribution is -2.38. The topological polar surface area (TPSA) is 95.0 Å². The lowest BCUT2D eigenvalue weighted by Gasteiger charge is -2.44. The van der Waals surface area contributed by atoms with Gasteiger partial charge in [0, 0.05) is 38.2 Å². The molecule has 42 heavy (non-hydrogen) atoms. The van der Waals surface area contributed by atoms with Crippen molar-refractivity contribution in [3.05, 3.63) is 41.5 Å². The minimum Gasteiger partial charge on any atom is -0.481 e. The van der Waals surface area contributed by atoms with Crippen LogP contribution in [0.5, 0.6) is 0 Å². The molecule has 1 aromatic rings. The first-order valence-corrected chi connectivity index (χ1v) is 16.4. The summed E-state index contributed by atoms with van der Waals surface area (Å²) in [6, 6.07) is 9.29. The Morgan fingerprint density at radius 3 is 1.55 bits per heavy atom. The molecule has 0 spiro atoms. The van der Waals surface area contributed by atoms with E-state index >= 15 is 0 Å². The summed E-state index contributed by atoms with van der Waals surface area (Å²) in [5, 5.41) is 10.2. The Kier molecular flexibility index (Phi) is 7.47. The Hall–Kier alpha value is -2.96. The van der Waals surface area contributed by atoms with Crippen LogP contribution in [0, 0.1) is 53.3 Å². The Morgan fingerprint density at radius 2 is 1.12 bits per heavy atom. The summed E-state index contributed by atoms with van der Waals surface area (Å²) >= 11 is 0. The lowest BCUT2D eigenvalue weighted by atomic mass is 9.60. The van der Waals surface area contributed by atoms with E-state index in [1.807, 2.05) is 40.1 Å². The second-order valence-corrected chi connectivity index (χ2v) is 14.3. The van der Waals surface area contributed by atoms with E-state index < -0.39 is 17.7 Å². The van der Waals surface area contributed by atoms with Crippen molar-refractivity contribution in [2.24, 2.45) is 53.3 Å². The highest BCUT2D eigenvalue weighted by Crippen LogP contribution is 2.53. The van der Waals surface area contributed by atoms with Crippen LogP contribution in [0.2, 0.25) is 0 Å². The molecule has 7 heteroatoms. The molecule has 6 aliphatic carbocycles. The molecule has 2 aliphatic heterocycles. The molecule has 2 amide bonds. The van der Waals surface area contributed by atoms with Crippen LogP contribution in [-0.2, 0) is 19.2 Å². The molecule has 8 aliphatic rings. The van der Waals surface area contributed by atoms with Crippen molar-refractivity contribution in [1.82, 2.24) is 9.80 Å². The van der Waals surface area contributed by atoms with E-state index in [0.29, 0.717) is 60.4 Å². The van der Waals surface area contributed by atoms with Crippen LogP contribution >= 0.6 is 0 Å². The number of Topliss-reactive ketones (excluding diaryl/α,β-unsaturated/α-hetero) is 1. The molecule has 5 unspecified atom stereocenters. The van der Waals surface area contributed by atoms with Gasteiger partial charge >= 0.3 is 5.97 Å². The first-order chi connectivity index (χ1) is 20.4. The van der Waals surface area contributed by atoms with E-state index in [9.17, 15) is 24.3 Å². The van der Waals surface area contributed by atoms with Gasteiger partial charge in [0.25, 0.3) is 0 Å². The fourth-order valence-corrected chi connectivity index (χ4v) is 10.2. The molecule has 4 bridgehead atoms. The maximum absolute atomic E-state index is 13.9. The van der Waals surface area contributed by atoms with Gasteiger partial charge < -0.3 is 14.9 Å². The van der Waals surface area contributed by atoms with Crippen LogP contribution in [0.1, 0.15) is 69.8 Å². The normalized spacial score (nSPS) is 35.6. The van der Waals surface area contributed by atoms with Crippen LogP contribution < -0.4 is 0 Å². The quantitative estimate of drug-likeness (QED) is 0.353. The largest absolute Gasteiger partial charge is 0.481 e. The van der Waals surface area contributed by atoms with Crippen LogP contribution in [0.4, 0.5) is 0 Å². The number of likely N-dealkylation sites (tertiary alicyclic amines) is 2. The second-order valence-electron chi connectivity index (χ2n) is 14.3. The number of ketones is 1. The molecular weight excluding hydrogens is 528 g/mol. The molecule has 8 fully saturated rings. The number of fused-ring (bicyclic) bond motifs is 4. The van der Waals surface area contributed by atoms with Crippen molar-refractivity contribution in [1.29, 1.82) is 0 Å². The van der Waals surface area contributed by atoms with Gasteiger partial charge in [-0.1, -0.05) is 30.3 Å². The van der Waals surface area contributed by atoms with Crippen molar-refractivity contribution in [3.63, 3.8) is 0 Å². The van der Waals surface area contributed by atoms with Gasteiger partial charge in [-0.3, -0.25) is 19.2 Å². The summed E-state index contributed by atoms with van der Waals surface area (Å²) in [7, 11) is 0. The zero-order valence-corrected chi connectivity index (χ0v) is 24.5. The molecule has 5 atom stereocenters. The number of amides is 2. The highest BCUT2D eigenvalue weighted by Gasteiger charge is 2.50. The van der Waals surface area contributed by atoms with Gasteiger partial charge in [0.1, 0.15) is 5.92 Å². The minimum atomic E-state index is -1.49. The number of hydrogen-bond donors (Lipinski definition) is 1. The molecule has 224 valence electrons. The van der Waals surface area contributed by atoms with Crippen LogP contribution in [0.25, 0.3) is 6.08 Å². The van der Waals surface area contributed by atoms with E-state index in [1.54, 1.807) is 6.08 Å². The first-order valence-electron chi connectivity index (χ1n) is 16.4. The first kappa shape index (κ1) is 27.8. The fraction of sp³-hybridized carbons (Fsp3) is 0.657. The lowest BCUT2D eigenvalue weighted by molar-refractivity contribution is -0.149. The Bertz CT molecular complexity index is 1220. The molecule has 1 N–H and O–H groups in total. The SMILES string of the molecule is O=C(O)C(CC(=O)N1CC2C3CCC(CC3)C2C1)C(=O)/C(=C/c1ccccc1)CC(=O)N1CC2C3CCC(CC3)C2C1. The Morgan fingerprint density at radius 1 is 0.690 bits per heavy atom. The Balaban J connectivity index is 1.07. The molecular formula is C35H44N2O5. The van der Waals surface area contributed by atoms with Gasteiger partial charge in [0.2, 0.25) is 11.8 Å². The Labute approximate surface area is 248 Å². The third kappa shape index (κ3) is 5.11. The highest BCUT2D eigenvalue weighted by molar-refractivity contribution is 6.13. The van der Waals surface area contributed by atoms with Crippen molar-refractivity contribution in [2.75, 3.05) is 26.2 Å². The van der Waals surface area contributed by atoms with Gasteiger partial charge in [0.05, 0.1) is 6.42 Å². The van der Waals surface area contributed by atoms with E-state index in [4.69, 9.17) is 0 Å². The molecule has 0 radical (unpaired) electrons. The van der Waals surface area contributed by atoms with Crippen LogP contribution in [-0.4, -0.2) is 64.7 Å². The van der Waals surface area contributed by atoms with E-state index in [1.165, 1.54) is 51.4 Å². The molecule has 2 heterocycles. The van der Waals surface area contributed by atoms with Gasteiger partial charge in [-0.15, -0.1) is 0 Å². The monoisotopic (exact) mass is 572 g/mol. The van der Waals surface area contributed by atoms with Crippen LogP contribution in [0.3, 0.4) is 0 Å². The summed E-state index contributed by atoms with van der Waals surface area (Å²) < 4.78 is 0. The number of aliphatic carboxylic acids is 1. The maximum atomic E-state index is 13.9. The molecule has 9 rings (SSSR count). The van der Waals surface area contributed by atoms with E-state index in [-0.39, 0.29) is 30.2 Å². The fourth-order valence-electron chi connectivity index (χ4n) is 10.2.